The maximum atomic E-state index is 12.7. The van der Waals surface area contributed by atoms with Gasteiger partial charge >= 0.3 is 0 Å². The zero-order valence-electron chi connectivity index (χ0n) is 15.5. The molecule has 0 aliphatic carbocycles. The molecule has 6 heteroatoms. The molecule has 0 radical (unpaired) electrons. The Kier molecular flexibility index (Phi) is 4.63. The first-order valence-electron chi connectivity index (χ1n) is 9.58. The molecule has 5 nitrogen and oxygen atoms in total. The molecule has 1 aromatic rings. The summed E-state index contributed by atoms with van der Waals surface area (Å²) in [5, 5.41) is 3.01. The normalized spacial score (nSPS) is 29.2. The van der Waals surface area contributed by atoms with Crippen molar-refractivity contribution >= 4 is 35.0 Å². The Morgan fingerprint density at radius 3 is 2.62 bits per heavy atom. The summed E-state index contributed by atoms with van der Waals surface area (Å²) in [7, 11) is 0. The Labute approximate surface area is 159 Å². The molecule has 3 saturated heterocycles. The summed E-state index contributed by atoms with van der Waals surface area (Å²) in [5.41, 5.74) is 2.02. The van der Waals surface area contributed by atoms with Crippen LogP contribution in [0.15, 0.2) is 24.3 Å². The van der Waals surface area contributed by atoms with Crippen molar-refractivity contribution in [2.24, 2.45) is 5.92 Å². The SMILES string of the molecule is CC1CCN(c2ccc(NC(=O)C3CSC4(C)CCC(=O)N34)cc2)CC1. The van der Waals surface area contributed by atoms with Crippen molar-refractivity contribution in [1.29, 1.82) is 0 Å². The van der Waals surface area contributed by atoms with Crippen molar-refractivity contribution in [3.8, 4) is 0 Å². The fraction of sp³-hybridized carbons (Fsp3) is 0.600. The number of carbonyl (C=O) groups excluding carboxylic acids is 2. The number of fused-ring (bicyclic) bond motifs is 1. The fourth-order valence-corrected chi connectivity index (χ4v) is 5.69. The van der Waals surface area contributed by atoms with Crippen LogP contribution in [0.5, 0.6) is 0 Å². The molecule has 4 rings (SSSR count). The Bertz CT molecular complexity index is 700. The minimum atomic E-state index is -0.358. The number of thioether (sulfide) groups is 1. The summed E-state index contributed by atoms with van der Waals surface area (Å²) in [5.74, 6) is 1.52. The predicted molar refractivity (Wildman–Crippen MR) is 106 cm³/mol. The summed E-state index contributed by atoms with van der Waals surface area (Å²) in [6, 6.07) is 7.75. The lowest BCUT2D eigenvalue weighted by Crippen LogP contribution is -2.48. The summed E-state index contributed by atoms with van der Waals surface area (Å²) >= 11 is 1.72. The molecule has 1 N–H and O–H groups in total. The third-order valence-corrected chi connectivity index (χ3v) is 7.54. The number of anilines is 2. The standard InChI is InChI=1S/C20H27N3O2S/c1-14-8-11-22(12-9-14)16-5-3-15(4-6-16)21-19(25)17-13-26-20(2)10-7-18(24)23(17)20/h3-6,14,17H,7-13H2,1-2H3,(H,21,25). The van der Waals surface area contributed by atoms with E-state index in [2.05, 4.69) is 36.2 Å². The van der Waals surface area contributed by atoms with Gasteiger partial charge in [-0.3, -0.25) is 9.59 Å². The first kappa shape index (κ1) is 17.7. The van der Waals surface area contributed by atoms with Crippen LogP contribution in [0.1, 0.15) is 39.5 Å². The number of nitrogens with one attached hydrogen (secondary N) is 1. The van der Waals surface area contributed by atoms with Gasteiger partial charge in [-0.15, -0.1) is 11.8 Å². The first-order chi connectivity index (χ1) is 12.5. The molecule has 2 unspecified atom stereocenters. The molecule has 2 atom stereocenters. The van der Waals surface area contributed by atoms with Gasteiger partial charge in [-0.05, 0) is 56.4 Å². The van der Waals surface area contributed by atoms with E-state index in [9.17, 15) is 9.59 Å². The second-order valence-corrected chi connectivity index (χ2v) is 9.47. The van der Waals surface area contributed by atoms with Crippen molar-refractivity contribution in [2.45, 2.75) is 50.4 Å². The van der Waals surface area contributed by atoms with Crippen molar-refractivity contribution < 1.29 is 9.59 Å². The van der Waals surface area contributed by atoms with Crippen LogP contribution < -0.4 is 10.2 Å². The van der Waals surface area contributed by atoms with Crippen molar-refractivity contribution in [2.75, 3.05) is 29.1 Å². The van der Waals surface area contributed by atoms with Crippen LogP contribution in [0.25, 0.3) is 0 Å². The molecular weight excluding hydrogens is 346 g/mol. The van der Waals surface area contributed by atoms with Crippen LogP contribution in [-0.2, 0) is 9.59 Å². The van der Waals surface area contributed by atoms with Gasteiger partial charge in [0.2, 0.25) is 11.8 Å². The van der Waals surface area contributed by atoms with E-state index < -0.39 is 0 Å². The van der Waals surface area contributed by atoms with E-state index in [1.54, 1.807) is 16.7 Å². The van der Waals surface area contributed by atoms with Gasteiger partial charge in [0, 0.05) is 36.6 Å². The molecule has 0 bridgehead atoms. The van der Waals surface area contributed by atoms with Gasteiger partial charge < -0.3 is 15.1 Å². The molecule has 0 saturated carbocycles. The van der Waals surface area contributed by atoms with Crippen LogP contribution in [0, 0.1) is 5.92 Å². The zero-order valence-corrected chi connectivity index (χ0v) is 16.3. The van der Waals surface area contributed by atoms with Crippen LogP contribution in [-0.4, -0.2) is 46.5 Å². The van der Waals surface area contributed by atoms with E-state index in [0.29, 0.717) is 12.2 Å². The van der Waals surface area contributed by atoms with Crippen LogP contribution in [0.3, 0.4) is 0 Å². The lowest BCUT2D eigenvalue weighted by Gasteiger charge is -2.32. The largest absolute Gasteiger partial charge is 0.372 e. The number of nitrogens with zero attached hydrogens (tertiary/aromatic N) is 2. The second kappa shape index (κ2) is 6.80. The first-order valence-corrected chi connectivity index (χ1v) is 10.6. The number of rotatable bonds is 3. The monoisotopic (exact) mass is 373 g/mol. The molecule has 3 aliphatic heterocycles. The summed E-state index contributed by atoms with van der Waals surface area (Å²) in [6.45, 7) is 6.58. The Hall–Kier alpha value is -1.69. The summed E-state index contributed by atoms with van der Waals surface area (Å²) < 4.78 is 0. The van der Waals surface area contributed by atoms with Gasteiger partial charge in [0.05, 0.1) is 4.87 Å². The van der Waals surface area contributed by atoms with E-state index >= 15 is 0 Å². The van der Waals surface area contributed by atoms with Gasteiger partial charge in [0.15, 0.2) is 0 Å². The number of carbonyl (C=O) groups is 2. The lowest BCUT2D eigenvalue weighted by atomic mass is 9.99. The molecule has 1 aromatic carbocycles. The summed E-state index contributed by atoms with van der Waals surface area (Å²) in [4.78, 5) is 28.9. The van der Waals surface area contributed by atoms with Crippen molar-refractivity contribution in [3.63, 3.8) is 0 Å². The molecule has 3 aliphatic rings. The van der Waals surface area contributed by atoms with Gasteiger partial charge in [-0.25, -0.2) is 0 Å². The Morgan fingerprint density at radius 1 is 1.23 bits per heavy atom. The highest BCUT2D eigenvalue weighted by Crippen LogP contribution is 2.47. The average Bonchev–Trinajstić information content (AvgIpc) is 3.13. The number of hydrogen-bond acceptors (Lipinski definition) is 4. The maximum absolute atomic E-state index is 12.7. The summed E-state index contributed by atoms with van der Waals surface area (Å²) in [6.07, 6.45) is 3.86. The number of piperidine rings is 1. The second-order valence-electron chi connectivity index (χ2n) is 7.97. The molecule has 0 spiro atoms. The number of benzene rings is 1. The fourth-order valence-electron chi connectivity index (χ4n) is 4.26. The minimum Gasteiger partial charge on any atom is -0.372 e. The molecule has 26 heavy (non-hydrogen) atoms. The average molecular weight is 374 g/mol. The van der Waals surface area contributed by atoms with E-state index in [4.69, 9.17) is 0 Å². The smallest absolute Gasteiger partial charge is 0.248 e. The maximum Gasteiger partial charge on any atom is 0.248 e. The zero-order chi connectivity index (χ0) is 18.3. The van der Waals surface area contributed by atoms with Gasteiger partial charge in [0.1, 0.15) is 6.04 Å². The molecular formula is C20H27N3O2S. The topological polar surface area (TPSA) is 52.7 Å². The number of amides is 2. The van der Waals surface area contributed by atoms with E-state index in [1.165, 1.54) is 18.5 Å². The van der Waals surface area contributed by atoms with Crippen LogP contribution >= 0.6 is 11.8 Å². The van der Waals surface area contributed by atoms with Gasteiger partial charge in [0.25, 0.3) is 0 Å². The van der Waals surface area contributed by atoms with Crippen LogP contribution in [0.4, 0.5) is 11.4 Å². The Morgan fingerprint density at radius 2 is 1.92 bits per heavy atom. The Balaban J connectivity index is 1.40. The van der Waals surface area contributed by atoms with Crippen LogP contribution in [0.2, 0.25) is 0 Å². The van der Waals surface area contributed by atoms with Gasteiger partial charge in [-0.2, -0.15) is 0 Å². The molecule has 2 amide bonds. The molecule has 3 heterocycles. The van der Waals surface area contributed by atoms with E-state index in [0.717, 1.165) is 31.1 Å². The molecule has 140 valence electrons. The van der Waals surface area contributed by atoms with Crippen molar-refractivity contribution in [1.82, 2.24) is 4.90 Å². The van der Waals surface area contributed by atoms with Crippen molar-refractivity contribution in [3.05, 3.63) is 24.3 Å². The molecule has 0 aromatic heterocycles. The third-order valence-electron chi connectivity index (χ3n) is 6.03. The highest BCUT2D eigenvalue weighted by molar-refractivity contribution is 8.01. The quantitative estimate of drug-likeness (QED) is 0.883. The highest BCUT2D eigenvalue weighted by atomic mass is 32.2. The van der Waals surface area contributed by atoms with Gasteiger partial charge in [-0.1, -0.05) is 6.92 Å². The van der Waals surface area contributed by atoms with E-state index in [1.807, 2.05) is 12.1 Å². The molecule has 3 fully saturated rings. The highest BCUT2D eigenvalue weighted by Gasteiger charge is 2.52. The lowest BCUT2D eigenvalue weighted by molar-refractivity contribution is -0.135. The number of hydrogen-bond donors (Lipinski definition) is 1. The minimum absolute atomic E-state index is 0.0731. The third kappa shape index (κ3) is 3.20. The van der Waals surface area contributed by atoms with E-state index in [-0.39, 0.29) is 22.7 Å². The predicted octanol–water partition coefficient (Wildman–Crippen LogP) is 3.32.